The van der Waals surface area contributed by atoms with E-state index in [2.05, 4.69) is 20.9 Å². The van der Waals surface area contributed by atoms with Crippen LogP contribution in [0.25, 0.3) is 0 Å². The van der Waals surface area contributed by atoms with Crippen LogP contribution in [0.1, 0.15) is 11.8 Å². The standard InChI is InChI=1S/C16H17FN4O2/c17-11-1-3-12(4-2-11)20-16(22)21-13-5-6-14(19-9-13)15-10-18-7-8-23-15/h1-6,9,15,18H,7-8,10H2,(H2,20,21,22)/t15-/m1/s1. The molecule has 7 heteroatoms. The minimum atomic E-state index is -0.415. The van der Waals surface area contributed by atoms with E-state index in [1.54, 1.807) is 12.3 Å². The first-order chi connectivity index (χ1) is 11.2. The van der Waals surface area contributed by atoms with Crippen molar-refractivity contribution in [2.24, 2.45) is 0 Å². The van der Waals surface area contributed by atoms with Gasteiger partial charge >= 0.3 is 6.03 Å². The molecule has 120 valence electrons. The first kappa shape index (κ1) is 15.4. The molecule has 2 amide bonds. The highest BCUT2D eigenvalue weighted by Crippen LogP contribution is 2.18. The number of benzene rings is 1. The van der Waals surface area contributed by atoms with Gasteiger partial charge in [0.2, 0.25) is 0 Å². The number of carbonyl (C=O) groups excluding carboxylic acids is 1. The monoisotopic (exact) mass is 316 g/mol. The topological polar surface area (TPSA) is 75.3 Å². The fraction of sp³-hybridized carbons (Fsp3) is 0.250. The average Bonchev–Trinajstić information content (AvgIpc) is 2.58. The molecule has 0 bridgehead atoms. The van der Waals surface area contributed by atoms with Crippen LogP contribution in [0.15, 0.2) is 42.6 Å². The molecular weight excluding hydrogens is 299 g/mol. The van der Waals surface area contributed by atoms with Gasteiger partial charge in [0.05, 0.1) is 24.2 Å². The van der Waals surface area contributed by atoms with Crippen LogP contribution in [0.4, 0.5) is 20.6 Å². The summed E-state index contributed by atoms with van der Waals surface area (Å²) in [4.78, 5) is 16.2. The van der Waals surface area contributed by atoms with Gasteiger partial charge in [-0.15, -0.1) is 0 Å². The number of anilines is 2. The number of nitrogens with one attached hydrogen (secondary N) is 3. The van der Waals surface area contributed by atoms with Crippen molar-refractivity contribution in [2.75, 3.05) is 30.3 Å². The second-order valence-corrected chi connectivity index (χ2v) is 5.12. The van der Waals surface area contributed by atoms with Gasteiger partial charge in [-0.3, -0.25) is 4.98 Å². The Balaban J connectivity index is 1.57. The fourth-order valence-electron chi connectivity index (χ4n) is 2.25. The number of pyridine rings is 1. The summed E-state index contributed by atoms with van der Waals surface area (Å²) >= 11 is 0. The summed E-state index contributed by atoms with van der Waals surface area (Å²) in [5.74, 6) is -0.352. The number of rotatable bonds is 3. The highest BCUT2D eigenvalue weighted by atomic mass is 19.1. The minimum Gasteiger partial charge on any atom is -0.369 e. The Morgan fingerprint density at radius 1 is 1.17 bits per heavy atom. The van der Waals surface area contributed by atoms with Crippen molar-refractivity contribution in [1.29, 1.82) is 0 Å². The van der Waals surface area contributed by atoms with E-state index >= 15 is 0 Å². The maximum Gasteiger partial charge on any atom is 0.323 e. The molecule has 1 aromatic heterocycles. The molecule has 0 spiro atoms. The first-order valence-electron chi connectivity index (χ1n) is 7.32. The Labute approximate surface area is 133 Å². The lowest BCUT2D eigenvalue weighted by Gasteiger charge is -2.23. The lowest BCUT2D eigenvalue weighted by molar-refractivity contribution is 0.0250. The SMILES string of the molecule is O=C(Nc1ccc(F)cc1)Nc1ccc([C@H]2CNCCO2)nc1. The quantitative estimate of drug-likeness (QED) is 0.813. The molecule has 1 aliphatic rings. The molecular formula is C16H17FN4O2. The molecule has 6 nitrogen and oxygen atoms in total. The minimum absolute atomic E-state index is 0.0640. The Bertz CT molecular complexity index is 655. The third-order valence-electron chi connectivity index (χ3n) is 3.40. The molecule has 0 saturated carbocycles. The van der Waals surface area contributed by atoms with Crippen LogP contribution in [-0.4, -0.2) is 30.7 Å². The predicted octanol–water partition coefficient (Wildman–Crippen LogP) is 2.53. The van der Waals surface area contributed by atoms with E-state index in [0.29, 0.717) is 18.0 Å². The summed E-state index contributed by atoms with van der Waals surface area (Å²) < 4.78 is 18.4. The van der Waals surface area contributed by atoms with E-state index < -0.39 is 6.03 Å². The van der Waals surface area contributed by atoms with Crippen molar-refractivity contribution < 1.29 is 13.9 Å². The maximum absolute atomic E-state index is 12.8. The molecule has 1 saturated heterocycles. The van der Waals surface area contributed by atoms with E-state index in [0.717, 1.165) is 18.8 Å². The molecule has 0 unspecified atom stereocenters. The Kier molecular flexibility index (Phi) is 4.80. The third kappa shape index (κ3) is 4.24. The summed E-state index contributed by atoms with van der Waals surface area (Å²) in [7, 11) is 0. The van der Waals surface area contributed by atoms with Crippen LogP contribution in [0.5, 0.6) is 0 Å². The largest absolute Gasteiger partial charge is 0.369 e. The summed E-state index contributed by atoms with van der Waals surface area (Å²) in [5.41, 5.74) is 1.90. The van der Waals surface area contributed by atoms with Crippen LogP contribution < -0.4 is 16.0 Å². The number of halogens is 1. The van der Waals surface area contributed by atoms with Crippen LogP contribution >= 0.6 is 0 Å². The Morgan fingerprint density at radius 3 is 2.57 bits per heavy atom. The van der Waals surface area contributed by atoms with Crippen LogP contribution in [-0.2, 0) is 4.74 Å². The van der Waals surface area contributed by atoms with E-state index in [1.807, 2.05) is 6.07 Å². The maximum atomic E-state index is 12.8. The van der Waals surface area contributed by atoms with Crippen LogP contribution in [0.2, 0.25) is 0 Å². The molecule has 0 radical (unpaired) electrons. The average molecular weight is 316 g/mol. The predicted molar refractivity (Wildman–Crippen MR) is 84.8 cm³/mol. The number of nitrogens with zero attached hydrogens (tertiary/aromatic N) is 1. The lowest BCUT2D eigenvalue weighted by Crippen LogP contribution is -2.33. The summed E-state index contributed by atoms with van der Waals surface area (Å²) in [6.07, 6.45) is 1.52. The van der Waals surface area contributed by atoms with E-state index in [1.165, 1.54) is 24.3 Å². The Morgan fingerprint density at radius 2 is 1.91 bits per heavy atom. The molecule has 1 aliphatic heterocycles. The fourth-order valence-corrected chi connectivity index (χ4v) is 2.25. The number of carbonyl (C=O) groups is 1. The van der Waals surface area contributed by atoms with Gasteiger partial charge in [-0.05, 0) is 36.4 Å². The number of amides is 2. The van der Waals surface area contributed by atoms with E-state index in [9.17, 15) is 9.18 Å². The Hall–Kier alpha value is -2.51. The zero-order valence-corrected chi connectivity index (χ0v) is 12.4. The number of hydrogen-bond acceptors (Lipinski definition) is 4. The highest BCUT2D eigenvalue weighted by Gasteiger charge is 2.16. The van der Waals surface area contributed by atoms with Gasteiger partial charge < -0.3 is 20.7 Å². The van der Waals surface area contributed by atoms with Gasteiger partial charge in [0.1, 0.15) is 11.9 Å². The highest BCUT2D eigenvalue weighted by molar-refractivity contribution is 5.99. The molecule has 2 heterocycles. The molecule has 1 fully saturated rings. The van der Waals surface area contributed by atoms with Gasteiger partial charge in [0, 0.05) is 18.8 Å². The van der Waals surface area contributed by atoms with E-state index in [4.69, 9.17) is 4.74 Å². The smallest absolute Gasteiger partial charge is 0.323 e. The van der Waals surface area contributed by atoms with Crippen molar-refractivity contribution in [3.05, 3.63) is 54.1 Å². The van der Waals surface area contributed by atoms with Gasteiger partial charge in [-0.2, -0.15) is 0 Å². The molecule has 3 N–H and O–H groups in total. The van der Waals surface area contributed by atoms with Crippen LogP contribution in [0.3, 0.4) is 0 Å². The van der Waals surface area contributed by atoms with Crippen LogP contribution in [0, 0.1) is 5.82 Å². The number of urea groups is 1. The second kappa shape index (κ2) is 7.17. The summed E-state index contributed by atoms with van der Waals surface area (Å²) in [6.45, 7) is 2.23. The molecule has 0 aliphatic carbocycles. The molecule has 3 rings (SSSR count). The number of morpholine rings is 1. The number of hydrogen-bond donors (Lipinski definition) is 3. The van der Waals surface area contributed by atoms with E-state index in [-0.39, 0.29) is 11.9 Å². The summed E-state index contributed by atoms with van der Waals surface area (Å²) in [5, 5.41) is 8.53. The zero-order valence-electron chi connectivity index (χ0n) is 12.4. The van der Waals surface area contributed by atoms with Gasteiger partial charge in [-0.25, -0.2) is 9.18 Å². The lowest BCUT2D eigenvalue weighted by atomic mass is 10.2. The number of ether oxygens (including phenoxy) is 1. The van der Waals surface area contributed by atoms with Crippen molar-refractivity contribution >= 4 is 17.4 Å². The van der Waals surface area contributed by atoms with Crippen molar-refractivity contribution in [3.8, 4) is 0 Å². The molecule has 23 heavy (non-hydrogen) atoms. The second-order valence-electron chi connectivity index (χ2n) is 5.12. The zero-order chi connectivity index (χ0) is 16.1. The van der Waals surface area contributed by atoms with Gasteiger partial charge in [0.15, 0.2) is 0 Å². The van der Waals surface area contributed by atoms with Crippen molar-refractivity contribution in [3.63, 3.8) is 0 Å². The summed E-state index contributed by atoms with van der Waals surface area (Å²) in [6, 6.07) is 8.72. The first-order valence-corrected chi connectivity index (χ1v) is 7.32. The van der Waals surface area contributed by atoms with Gasteiger partial charge in [-0.1, -0.05) is 0 Å². The number of aromatic nitrogens is 1. The molecule has 1 atom stereocenters. The van der Waals surface area contributed by atoms with Gasteiger partial charge in [0.25, 0.3) is 0 Å². The normalized spacial score (nSPS) is 17.5. The molecule has 1 aromatic carbocycles. The van der Waals surface area contributed by atoms with Crippen molar-refractivity contribution in [2.45, 2.75) is 6.10 Å². The third-order valence-corrected chi connectivity index (χ3v) is 3.40. The van der Waals surface area contributed by atoms with Crippen molar-refractivity contribution in [1.82, 2.24) is 10.3 Å². The molecule has 2 aromatic rings.